The molecule has 0 saturated carbocycles. The van der Waals surface area contributed by atoms with Crippen molar-refractivity contribution in [3.63, 3.8) is 0 Å². The Balaban J connectivity index is 1.91. The molecule has 0 atom stereocenters. The molecule has 0 unspecified atom stereocenters. The molecule has 0 aliphatic carbocycles. The van der Waals surface area contributed by atoms with Crippen molar-refractivity contribution in [3.05, 3.63) is 57.0 Å². The molecule has 0 aliphatic rings. The van der Waals surface area contributed by atoms with Gasteiger partial charge in [-0.1, -0.05) is 15.9 Å². The number of anilines is 1. The van der Waals surface area contributed by atoms with E-state index in [0.29, 0.717) is 17.0 Å². The molecule has 0 spiro atoms. The van der Waals surface area contributed by atoms with Crippen LogP contribution in [0, 0.1) is 0 Å². The van der Waals surface area contributed by atoms with Crippen LogP contribution in [-0.4, -0.2) is 18.4 Å². The number of halogens is 2. The highest BCUT2D eigenvalue weighted by molar-refractivity contribution is 9.11. The lowest BCUT2D eigenvalue weighted by Crippen LogP contribution is -2.20. The summed E-state index contributed by atoms with van der Waals surface area (Å²) < 4.78 is 7.09. The average molecular weight is 428 g/mol. The quantitative estimate of drug-likeness (QED) is 0.767. The summed E-state index contributed by atoms with van der Waals surface area (Å²) in [5.74, 6) is -0.245. The number of carbonyl (C=O) groups excluding carboxylic acids is 2. The van der Waals surface area contributed by atoms with Crippen LogP contribution >= 0.6 is 31.9 Å². The van der Waals surface area contributed by atoms with Gasteiger partial charge < -0.3 is 15.8 Å². The van der Waals surface area contributed by atoms with Crippen molar-refractivity contribution in [2.24, 2.45) is 5.73 Å². The average Bonchev–Trinajstić information content (AvgIpc) is 2.47. The molecule has 2 rings (SSSR count). The van der Waals surface area contributed by atoms with E-state index in [-0.39, 0.29) is 12.5 Å². The van der Waals surface area contributed by atoms with Gasteiger partial charge in [0.1, 0.15) is 5.75 Å². The van der Waals surface area contributed by atoms with Crippen LogP contribution in [0.15, 0.2) is 51.4 Å². The van der Waals surface area contributed by atoms with Gasteiger partial charge in [-0.05, 0) is 58.4 Å². The standard InChI is InChI=1S/C15H12Br2N2O3/c16-10-3-6-13(12(17)7-10)22-8-14(20)19-11-4-1-9(2-5-11)15(18)21/h1-7H,8H2,(H2,18,21)(H,19,20). The van der Waals surface area contributed by atoms with Gasteiger partial charge in [0.25, 0.3) is 5.91 Å². The second kappa shape index (κ2) is 7.42. The molecule has 22 heavy (non-hydrogen) atoms. The van der Waals surface area contributed by atoms with Crippen molar-refractivity contribution in [1.82, 2.24) is 0 Å². The summed E-state index contributed by atoms with van der Waals surface area (Å²) in [7, 11) is 0. The zero-order chi connectivity index (χ0) is 16.1. The Bertz CT molecular complexity index is 702. The molecule has 3 N–H and O–H groups in total. The summed E-state index contributed by atoms with van der Waals surface area (Å²) in [5.41, 5.74) is 6.09. The summed E-state index contributed by atoms with van der Waals surface area (Å²) in [5, 5.41) is 2.67. The topological polar surface area (TPSA) is 81.4 Å². The lowest BCUT2D eigenvalue weighted by Gasteiger charge is -2.09. The molecule has 0 fully saturated rings. The third kappa shape index (κ3) is 4.57. The maximum absolute atomic E-state index is 11.8. The zero-order valence-corrected chi connectivity index (χ0v) is 14.5. The zero-order valence-electron chi connectivity index (χ0n) is 11.3. The minimum Gasteiger partial charge on any atom is -0.483 e. The van der Waals surface area contributed by atoms with Crippen LogP contribution in [0.5, 0.6) is 5.75 Å². The highest BCUT2D eigenvalue weighted by Gasteiger charge is 2.07. The summed E-state index contributed by atoms with van der Waals surface area (Å²) in [6.07, 6.45) is 0. The van der Waals surface area contributed by atoms with Crippen LogP contribution in [0.2, 0.25) is 0 Å². The summed E-state index contributed by atoms with van der Waals surface area (Å²) in [6, 6.07) is 11.7. The highest BCUT2D eigenvalue weighted by Crippen LogP contribution is 2.28. The first-order valence-corrected chi connectivity index (χ1v) is 7.82. The third-order valence-corrected chi connectivity index (χ3v) is 3.82. The molecule has 0 bridgehead atoms. The summed E-state index contributed by atoms with van der Waals surface area (Å²) >= 11 is 6.69. The van der Waals surface area contributed by atoms with Crippen LogP contribution < -0.4 is 15.8 Å². The second-order valence-electron chi connectivity index (χ2n) is 4.35. The lowest BCUT2D eigenvalue weighted by molar-refractivity contribution is -0.118. The number of ether oxygens (including phenoxy) is 1. The number of hydrogen-bond acceptors (Lipinski definition) is 3. The van der Waals surface area contributed by atoms with E-state index >= 15 is 0 Å². The number of hydrogen-bond donors (Lipinski definition) is 2. The molecule has 0 aromatic heterocycles. The fourth-order valence-electron chi connectivity index (χ4n) is 1.65. The van der Waals surface area contributed by atoms with E-state index in [9.17, 15) is 9.59 Å². The van der Waals surface area contributed by atoms with E-state index in [1.165, 1.54) is 0 Å². The van der Waals surface area contributed by atoms with Crippen molar-refractivity contribution in [2.45, 2.75) is 0 Å². The predicted molar refractivity (Wildman–Crippen MR) is 90.9 cm³/mol. The molecular weight excluding hydrogens is 416 g/mol. The van der Waals surface area contributed by atoms with E-state index in [1.807, 2.05) is 12.1 Å². The largest absolute Gasteiger partial charge is 0.483 e. The molecule has 2 aromatic carbocycles. The van der Waals surface area contributed by atoms with Gasteiger partial charge in [0.05, 0.1) is 4.47 Å². The molecule has 0 saturated heterocycles. The number of nitrogens with one attached hydrogen (secondary N) is 1. The van der Waals surface area contributed by atoms with Gasteiger partial charge in [-0.15, -0.1) is 0 Å². The van der Waals surface area contributed by atoms with Crippen molar-refractivity contribution in [3.8, 4) is 5.75 Å². The minimum atomic E-state index is -0.513. The van der Waals surface area contributed by atoms with Crippen molar-refractivity contribution < 1.29 is 14.3 Å². The second-order valence-corrected chi connectivity index (χ2v) is 6.12. The van der Waals surface area contributed by atoms with Crippen molar-refractivity contribution >= 4 is 49.4 Å². The van der Waals surface area contributed by atoms with E-state index in [0.717, 1.165) is 8.95 Å². The normalized spacial score (nSPS) is 10.1. The van der Waals surface area contributed by atoms with Gasteiger partial charge in [0, 0.05) is 15.7 Å². The molecule has 114 valence electrons. The van der Waals surface area contributed by atoms with Gasteiger partial charge in [-0.2, -0.15) is 0 Å². The highest BCUT2D eigenvalue weighted by atomic mass is 79.9. The third-order valence-electron chi connectivity index (χ3n) is 2.71. The van der Waals surface area contributed by atoms with Gasteiger partial charge in [-0.3, -0.25) is 9.59 Å². The van der Waals surface area contributed by atoms with Crippen LogP contribution in [0.3, 0.4) is 0 Å². The van der Waals surface area contributed by atoms with Gasteiger partial charge in [0.2, 0.25) is 5.91 Å². The number of benzene rings is 2. The van der Waals surface area contributed by atoms with E-state index < -0.39 is 5.91 Å². The Morgan fingerprint density at radius 2 is 1.77 bits per heavy atom. The number of carbonyl (C=O) groups is 2. The molecule has 0 radical (unpaired) electrons. The monoisotopic (exact) mass is 426 g/mol. The SMILES string of the molecule is NC(=O)c1ccc(NC(=O)COc2ccc(Br)cc2Br)cc1. The molecule has 2 aromatic rings. The Labute approximate surface area is 144 Å². The Hall–Kier alpha value is -1.86. The lowest BCUT2D eigenvalue weighted by atomic mass is 10.2. The maximum Gasteiger partial charge on any atom is 0.262 e. The van der Waals surface area contributed by atoms with Crippen LogP contribution in [0.25, 0.3) is 0 Å². The number of rotatable bonds is 5. The van der Waals surface area contributed by atoms with Crippen LogP contribution in [0.1, 0.15) is 10.4 Å². The molecule has 7 heteroatoms. The fraction of sp³-hybridized carbons (Fsp3) is 0.0667. The number of primary amides is 1. The maximum atomic E-state index is 11.8. The smallest absolute Gasteiger partial charge is 0.262 e. The first kappa shape index (κ1) is 16.5. The molecule has 2 amide bonds. The van der Waals surface area contributed by atoms with Gasteiger partial charge in [-0.25, -0.2) is 0 Å². The van der Waals surface area contributed by atoms with E-state index in [1.54, 1.807) is 30.3 Å². The first-order chi connectivity index (χ1) is 10.5. The number of nitrogens with two attached hydrogens (primary N) is 1. The fourth-order valence-corrected chi connectivity index (χ4v) is 2.81. The van der Waals surface area contributed by atoms with Gasteiger partial charge in [0.15, 0.2) is 6.61 Å². The predicted octanol–water partition coefficient (Wildman–Crippen LogP) is 3.33. The van der Waals surface area contributed by atoms with Crippen LogP contribution in [0.4, 0.5) is 5.69 Å². The molecular formula is C15H12Br2N2O3. The summed E-state index contributed by atoms with van der Waals surface area (Å²) in [4.78, 5) is 22.8. The number of amides is 2. The van der Waals surface area contributed by atoms with Crippen molar-refractivity contribution in [2.75, 3.05) is 11.9 Å². The Morgan fingerprint density at radius 3 is 2.36 bits per heavy atom. The molecule has 0 heterocycles. The first-order valence-electron chi connectivity index (χ1n) is 6.23. The summed E-state index contributed by atoms with van der Waals surface area (Å²) in [6.45, 7) is -0.127. The van der Waals surface area contributed by atoms with Crippen LogP contribution in [-0.2, 0) is 4.79 Å². The Kier molecular flexibility index (Phi) is 5.57. The molecule has 0 aliphatic heterocycles. The Morgan fingerprint density at radius 1 is 1.09 bits per heavy atom. The minimum absolute atomic E-state index is 0.127. The van der Waals surface area contributed by atoms with E-state index in [2.05, 4.69) is 37.2 Å². The molecule has 5 nitrogen and oxygen atoms in total. The van der Waals surface area contributed by atoms with Crippen molar-refractivity contribution in [1.29, 1.82) is 0 Å². The van der Waals surface area contributed by atoms with Gasteiger partial charge >= 0.3 is 0 Å². The van der Waals surface area contributed by atoms with E-state index in [4.69, 9.17) is 10.5 Å².